The number of furan rings is 1. The van der Waals surface area contributed by atoms with Gasteiger partial charge in [-0.25, -0.2) is 4.79 Å². The van der Waals surface area contributed by atoms with Crippen LogP contribution in [0.3, 0.4) is 0 Å². The number of carbonyl (C=O) groups excluding carboxylic acids is 1. The van der Waals surface area contributed by atoms with Crippen molar-refractivity contribution >= 4 is 17.9 Å². The summed E-state index contributed by atoms with van der Waals surface area (Å²) >= 11 is 1.45. The van der Waals surface area contributed by atoms with E-state index in [0.717, 1.165) is 41.9 Å². The molecule has 4 rings (SSSR count). The molecule has 2 aliphatic rings. The third kappa shape index (κ3) is 3.13. The molecule has 0 unspecified atom stereocenters. The zero-order valence-corrected chi connectivity index (χ0v) is 14.2. The Bertz CT molecular complexity index is 745. The number of aromatic nitrogens is 3. The van der Waals surface area contributed by atoms with Crippen LogP contribution in [0.2, 0.25) is 0 Å². The fourth-order valence-electron chi connectivity index (χ4n) is 3.23. The quantitative estimate of drug-likeness (QED) is 0.898. The first-order valence-electron chi connectivity index (χ1n) is 7.92. The highest BCUT2D eigenvalue weighted by Gasteiger charge is 2.43. The van der Waals surface area contributed by atoms with Crippen LogP contribution in [-0.2, 0) is 18.3 Å². The topological polar surface area (TPSA) is 85.4 Å². The molecule has 2 aromatic rings. The van der Waals surface area contributed by atoms with Crippen LogP contribution in [0.1, 0.15) is 18.6 Å². The van der Waals surface area contributed by atoms with Gasteiger partial charge in [-0.05, 0) is 43.3 Å². The zero-order valence-electron chi connectivity index (χ0n) is 13.4. The van der Waals surface area contributed by atoms with E-state index in [0.29, 0.717) is 13.1 Å². The van der Waals surface area contributed by atoms with Crippen molar-refractivity contribution in [3.05, 3.63) is 24.2 Å². The zero-order chi connectivity index (χ0) is 16.6. The Kier molecular flexibility index (Phi) is 3.97. The monoisotopic (exact) mass is 349 g/mol. The highest BCUT2D eigenvalue weighted by molar-refractivity contribution is 7.99. The molecule has 1 spiro atoms. The van der Waals surface area contributed by atoms with Gasteiger partial charge in [0.25, 0.3) is 0 Å². The lowest BCUT2D eigenvalue weighted by atomic mass is 9.93. The second kappa shape index (κ2) is 6.14. The number of hydrogen-bond acceptors (Lipinski definition) is 7. The number of aryl methyl sites for hydroxylation is 1. The highest BCUT2D eigenvalue weighted by atomic mass is 32.2. The van der Waals surface area contributed by atoms with Crippen molar-refractivity contribution in [2.75, 3.05) is 19.6 Å². The van der Waals surface area contributed by atoms with Crippen LogP contribution in [-0.4, -0.2) is 51.0 Å². The van der Waals surface area contributed by atoms with Gasteiger partial charge in [-0.2, -0.15) is 0 Å². The lowest BCUT2D eigenvalue weighted by Gasteiger charge is -2.37. The number of ether oxygens (including phenoxy) is 1. The molecular weight excluding hydrogens is 330 g/mol. The maximum absolute atomic E-state index is 11.4. The van der Waals surface area contributed by atoms with Crippen molar-refractivity contribution in [1.82, 2.24) is 25.0 Å². The number of nitrogens with zero attached hydrogens (tertiary/aromatic N) is 4. The van der Waals surface area contributed by atoms with Crippen LogP contribution in [0, 0.1) is 0 Å². The molecular formula is C15H19N5O3S. The predicted octanol–water partition coefficient (Wildman–Crippen LogP) is 1.63. The molecule has 1 amide bonds. The van der Waals surface area contributed by atoms with E-state index in [2.05, 4.69) is 20.4 Å². The standard InChI is InChI=1S/C15H19N5O3S/c1-19-10-17-18-13(19)24-12-4-3-11(22-12)7-20-6-2-5-15(9-20)8-16-14(21)23-15/h3-4,10H,2,5-9H2,1H3,(H,16,21)/t15-/m0/s1. The Morgan fingerprint density at radius 1 is 1.46 bits per heavy atom. The molecule has 0 radical (unpaired) electrons. The Morgan fingerprint density at radius 3 is 3.12 bits per heavy atom. The molecule has 0 aliphatic carbocycles. The smallest absolute Gasteiger partial charge is 0.407 e. The number of likely N-dealkylation sites (tertiary alicyclic amines) is 1. The van der Waals surface area contributed by atoms with Gasteiger partial charge < -0.3 is 19.0 Å². The molecule has 9 heteroatoms. The third-order valence-corrected chi connectivity index (χ3v) is 5.33. The fraction of sp³-hybridized carbons (Fsp3) is 0.533. The van der Waals surface area contributed by atoms with Gasteiger partial charge in [-0.15, -0.1) is 10.2 Å². The van der Waals surface area contributed by atoms with Crippen LogP contribution in [0.15, 0.2) is 33.1 Å². The number of alkyl carbamates (subject to hydrolysis) is 1. The van der Waals surface area contributed by atoms with Gasteiger partial charge in [-0.3, -0.25) is 4.90 Å². The SMILES string of the molecule is Cn1cnnc1Sc1ccc(CN2CCC[C@]3(CNC(=O)O3)C2)o1. The molecule has 24 heavy (non-hydrogen) atoms. The van der Waals surface area contributed by atoms with Gasteiger partial charge in [0.05, 0.1) is 13.1 Å². The van der Waals surface area contributed by atoms with Crippen molar-refractivity contribution < 1.29 is 13.9 Å². The number of rotatable bonds is 4. The predicted molar refractivity (Wildman–Crippen MR) is 85.6 cm³/mol. The van der Waals surface area contributed by atoms with Gasteiger partial charge >= 0.3 is 6.09 Å². The van der Waals surface area contributed by atoms with Crippen molar-refractivity contribution in [1.29, 1.82) is 0 Å². The maximum Gasteiger partial charge on any atom is 0.407 e. The lowest BCUT2D eigenvalue weighted by molar-refractivity contribution is -0.0130. The number of amides is 1. The molecule has 2 aromatic heterocycles. The molecule has 1 N–H and O–H groups in total. The van der Waals surface area contributed by atoms with Gasteiger partial charge in [0.1, 0.15) is 17.7 Å². The summed E-state index contributed by atoms with van der Waals surface area (Å²) in [6.07, 6.45) is 3.28. The van der Waals surface area contributed by atoms with Crippen molar-refractivity contribution in [2.24, 2.45) is 7.05 Å². The normalized spacial score (nSPS) is 24.3. The van der Waals surface area contributed by atoms with Crippen LogP contribution in [0.4, 0.5) is 4.79 Å². The van der Waals surface area contributed by atoms with E-state index < -0.39 is 0 Å². The molecule has 4 heterocycles. The van der Waals surface area contributed by atoms with E-state index in [1.165, 1.54) is 11.8 Å². The van der Waals surface area contributed by atoms with Crippen molar-refractivity contribution in [2.45, 2.75) is 35.2 Å². The first-order valence-corrected chi connectivity index (χ1v) is 8.73. The minimum Gasteiger partial charge on any atom is -0.453 e. The summed E-state index contributed by atoms with van der Waals surface area (Å²) in [7, 11) is 1.90. The average molecular weight is 349 g/mol. The van der Waals surface area contributed by atoms with Crippen LogP contribution in [0.5, 0.6) is 0 Å². The minimum atomic E-state index is -0.377. The highest BCUT2D eigenvalue weighted by Crippen LogP contribution is 2.31. The van der Waals surface area contributed by atoms with Crippen LogP contribution in [0.25, 0.3) is 0 Å². The van der Waals surface area contributed by atoms with E-state index in [-0.39, 0.29) is 11.7 Å². The number of piperidine rings is 1. The van der Waals surface area contributed by atoms with E-state index in [1.54, 1.807) is 6.33 Å². The Morgan fingerprint density at radius 2 is 2.38 bits per heavy atom. The van der Waals surface area contributed by atoms with Gasteiger partial charge in [0.2, 0.25) is 0 Å². The molecule has 0 saturated carbocycles. The molecule has 2 saturated heterocycles. The molecule has 8 nitrogen and oxygen atoms in total. The van der Waals surface area contributed by atoms with E-state index >= 15 is 0 Å². The summed E-state index contributed by atoms with van der Waals surface area (Å²) in [5.74, 6) is 0.897. The average Bonchev–Trinajstić information content (AvgIpc) is 3.24. The fourth-order valence-corrected chi connectivity index (χ4v) is 3.97. The van der Waals surface area contributed by atoms with Crippen LogP contribution >= 0.6 is 11.8 Å². The number of carbonyl (C=O) groups is 1. The first-order chi connectivity index (χ1) is 11.6. The number of nitrogens with one attached hydrogen (secondary N) is 1. The molecule has 2 fully saturated rings. The Balaban J connectivity index is 1.39. The summed E-state index contributed by atoms with van der Waals surface area (Å²) in [4.78, 5) is 13.7. The van der Waals surface area contributed by atoms with Gasteiger partial charge in [0.15, 0.2) is 10.2 Å². The minimum absolute atomic E-state index is 0.308. The van der Waals surface area contributed by atoms with Gasteiger partial charge in [-0.1, -0.05) is 0 Å². The summed E-state index contributed by atoms with van der Waals surface area (Å²) in [5, 5.41) is 12.3. The second-order valence-corrected chi connectivity index (χ2v) is 7.26. The van der Waals surface area contributed by atoms with E-state index in [9.17, 15) is 4.79 Å². The molecule has 1 atom stereocenters. The summed E-state index contributed by atoms with van der Waals surface area (Å²) in [6.45, 7) is 3.01. The van der Waals surface area contributed by atoms with Gasteiger partial charge in [0, 0.05) is 13.6 Å². The molecule has 128 valence electrons. The van der Waals surface area contributed by atoms with E-state index in [1.807, 2.05) is 23.7 Å². The maximum atomic E-state index is 11.4. The summed E-state index contributed by atoms with van der Waals surface area (Å²) < 4.78 is 13.3. The third-order valence-electron chi connectivity index (χ3n) is 4.36. The lowest BCUT2D eigenvalue weighted by Crippen LogP contribution is -2.50. The molecule has 2 aliphatic heterocycles. The van der Waals surface area contributed by atoms with Crippen LogP contribution < -0.4 is 5.32 Å². The van der Waals surface area contributed by atoms with Crippen molar-refractivity contribution in [3.63, 3.8) is 0 Å². The number of hydrogen-bond donors (Lipinski definition) is 1. The summed E-state index contributed by atoms with van der Waals surface area (Å²) in [5.41, 5.74) is -0.377. The van der Waals surface area contributed by atoms with Crippen molar-refractivity contribution in [3.8, 4) is 0 Å². The molecule has 0 bridgehead atoms. The second-order valence-electron chi connectivity index (χ2n) is 6.29. The van der Waals surface area contributed by atoms with E-state index in [4.69, 9.17) is 9.15 Å². The Hall–Kier alpha value is -2.00. The molecule has 0 aromatic carbocycles. The summed E-state index contributed by atoms with van der Waals surface area (Å²) in [6, 6.07) is 3.93. The largest absolute Gasteiger partial charge is 0.453 e. The Labute approximate surface area is 143 Å². The first kappa shape index (κ1) is 15.5.